The lowest BCUT2D eigenvalue weighted by Gasteiger charge is -2.39. The average Bonchev–Trinajstić information content (AvgIpc) is 3.06. The third-order valence-corrected chi connectivity index (χ3v) is 6.97. The van der Waals surface area contributed by atoms with Gasteiger partial charge in [-0.3, -0.25) is 14.4 Å². The molecule has 6 heteroatoms. The molecule has 27 heavy (non-hydrogen) atoms. The van der Waals surface area contributed by atoms with Crippen molar-refractivity contribution in [2.75, 3.05) is 40.3 Å². The Balaban J connectivity index is 1.54. The number of carbonyl (C=O) groups is 1. The fourth-order valence-corrected chi connectivity index (χ4v) is 5.23. The molecule has 0 bridgehead atoms. The van der Waals surface area contributed by atoms with E-state index in [0.717, 1.165) is 51.5 Å². The minimum Gasteiger partial charge on any atom is -0.354 e. The Morgan fingerprint density at radius 2 is 1.85 bits per heavy atom. The minimum atomic E-state index is -0.0207. The molecule has 1 unspecified atom stereocenters. The zero-order valence-electron chi connectivity index (χ0n) is 17.0. The van der Waals surface area contributed by atoms with Crippen molar-refractivity contribution in [3.05, 3.63) is 17.0 Å². The Kier molecular flexibility index (Phi) is 5.83. The van der Waals surface area contributed by atoms with Crippen molar-refractivity contribution >= 4 is 5.91 Å². The topological polar surface area (TPSA) is 53.4 Å². The van der Waals surface area contributed by atoms with E-state index in [1.54, 1.807) is 7.05 Å². The molecule has 2 aliphatic carbocycles. The summed E-state index contributed by atoms with van der Waals surface area (Å²) in [6.07, 6.45) is 9.94. The average molecular weight is 374 g/mol. The van der Waals surface area contributed by atoms with Crippen molar-refractivity contribution in [3.63, 3.8) is 0 Å². The third-order valence-electron chi connectivity index (χ3n) is 6.97. The van der Waals surface area contributed by atoms with Crippen LogP contribution in [-0.2, 0) is 19.4 Å². The quantitative estimate of drug-likeness (QED) is 0.876. The van der Waals surface area contributed by atoms with E-state index in [9.17, 15) is 4.79 Å². The molecule has 1 aromatic heterocycles. The highest BCUT2D eigenvalue weighted by molar-refractivity contribution is 5.93. The molecular formula is C21H35N5O. The van der Waals surface area contributed by atoms with E-state index in [1.807, 2.05) is 0 Å². The second-order valence-corrected chi connectivity index (χ2v) is 8.77. The van der Waals surface area contributed by atoms with E-state index < -0.39 is 0 Å². The molecule has 1 aromatic rings. The predicted molar refractivity (Wildman–Crippen MR) is 107 cm³/mol. The highest BCUT2D eigenvalue weighted by atomic mass is 16.1. The normalized spacial score (nSPS) is 25.3. The molecule has 6 nitrogen and oxygen atoms in total. The number of amides is 1. The van der Waals surface area contributed by atoms with Gasteiger partial charge in [0.25, 0.3) is 5.91 Å². The van der Waals surface area contributed by atoms with Crippen LogP contribution in [0.25, 0.3) is 0 Å². The number of aromatic nitrogens is 2. The van der Waals surface area contributed by atoms with E-state index in [-0.39, 0.29) is 5.91 Å². The van der Waals surface area contributed by atoms with Crippen LogP contribution < -0.4 is 5.32 Å². The van der Waals surface area contributed by atoms with Crippen LogP contribution in [0.15, 0.2) is 0 Å². The molecule has 0 aromatic carbocycles. The van der Waals surface area contributed by atoms with Gasteiger partial charge in [-0.15, -0.1) is 0 Å². The zero-order valence-corrected chi connectivity index (χ0v) is 17.0. The Morgan fingerprint density at radius 3 is 2.56 bits per heavy atom. The summed E-state index contributed by atoms with van der Waals surface area (Å²) in [4.78, 5) is 17.5. The first-order valence-corrected chi connectivity index (χ1v) is 10.9. The lowest BCUT2D eigenvalue weighted by Crippen LogP contribution is -2.50. The van der Waals surface area contributed by atoms with Gasteiger partial charge in [-0.2, -0.15) is 5.10 Å². The zero-order chi connectivity index (χ0) is 18.8. The molecule has 2 heterocycles. The van der Waals surface area contributed by atoms with Crippen molar-refractivity contribution in [1.29, 1.82) is 0 Å². The molecule has 1 saturated heterocycles. The van der Waals surface area contributed by atoms with Gasteiger partial charge in [0.2, 0.25) is 0 Å². The largest absolute Gasteiger partial charge is 0.354 e. The summed E-state index contributed by atoms with van der Waals surface area (Å²) in [7, 11) is 3.92. The third kappa shape index (κ3) is 4.06. The standard InChI is InChI=1S/C21H35N5O/c1-22-21(27)20-18-14-17(25-12-10-24(2)11-13-25)8-9-19(18)26(23-20)15-16-6-4-3-5-7-16/h16-17H,3-15H2,1-2H3,(H,22,27). The number of hydrogen-bond donors (Lipinski definition) is 1. The summed E-state index contributed by atoms with van der Waals surface area (Å²) in [6, 6.07) is 0.557. The number of piperazine rings is 1. The van der Waals surface area contributed by atoms with E-state index >= 15 is 0 Å². The number of likely N-dealkylation sites (N-methyl/N-ethyl adjacent to an activating group) is 1. The van der Waals surface area contributed by atoms with Crippen LogP contribution in [0.3, 0.4) is 0 Å². The van der Waals surface area contributed by atoms with Crippen LogP contribution in [-0.4, -0.2) is 71.8 Å². The van der Waals surface area contributed by atoms with Crippen LogP contribution in [0, 0.1) is 5.92 Å². The number of hydrogen-bond acceptors (Lipinski definition) is 4. The van der Waals surface area contributed by atoms with Crippen LogP contribution in [0.4, 0.5) is 0 Å². The maximum atomic E-state index is 12.5. The van der Waals surface area contributed by atoms with Crippen LogP contribution >= 0.6 is 0 Å². The Morgan fingerprint density at radius 1 is 1.11 bits per heavy atom. The van der Waals surface area contributed by atoms with Gasteiger partial charge in [-0.25, -0.2) is 0 Å². The van der Waals surface area contributed by atoms with Crippen molar-refractivity contribution in [2.24, 2.45) is 5.92 Å². The summed E-state index contributed by atoms with van der Waals surface area (Å²) in [6.45, 7) is 5.57. The number of fused-ring (bicyclic) bond motifs is 1. The van der Waals surface area contributed by atoms with Gasteiger partial charge in [-0.05, 0) is 45.1 Å². The van der Waals surface area contributed by atoms with Gasteiger partial charge in [0.1, 0.15) is 0 Å². The van der Waals surface area contributed by atoms with Crippen LogP contribution in [0.5, 0.6) is 0 Å². The van der Waals surface area contributed by atoms with E-state index in [1.165, 1.54) is 49.8 Å². The maximum absolute atomic E-state index is 12.5. The van der Waals surface area contributed by atoms with Crippen LogP contribution in [0.1, 0.15) is 60.3 Å². The summed E-state index contributed by atoms with van der Waals surface area (Å²) >= 11 is 0. The first-order chi connectivity index (χ1) is 13.2. The summed E-state index contributed by atoms with van der Waals surface area (Å²) in [5, 5.41) is 7.64. The highest BCUT2D eigenvalue weighted by Gasteiger charge is 2.33. The summed E-state index contributed by atoms with van der Waals surface area (Å²) in [5.74, 6) is 0.711. The molecule has 1 amide bonds. The Bertz CT molecular complexity index is 656. The number of nitrogens with one attached hydrogen (secondary N) is 1. The first-order valence-electron chi connectivity index (χ1n) is 10.9. The minimum absolute atomic E-state index is 0.0207. The molecule has 1 aliphatic heterocycles. The SMILES string of the molecule is CNC(=O)c1nn(CC2CCCCC2)c2c1CC(N1CCN(C)CC1)CC2. The highest BCUT2D eigenvalue weighted by Crippen LogP contribution is 2.31. The predicted octanol–water partition coefficient (Wildman–Crippen LogP) is 1.93. The van der Waals surface area contributed by atoms with E-state index in [0.29, 0.717) is 11.7 Å². The van der Waals surface area contributed by atoms with E-state index in [2.05, 4.69) is 26.8 Å². The van der Waals surface area contributed by atoms with Gasteiger partial charge in [0, 0.05) is 57.1 Å². The molecule has 2 fully saturated rings. The van der Waals surface area contributed by atoms with Crippen LogP contribution in [0.2, 0.25) is 0 Å². The maximum Gasteiger partial charge on any atom is 0.271 e. The van der Waals surface area contributed by atoms with Crippen molar-refractivity contribution in [2.45, 2.75) is 64.0 Å². The fraction of sp³-hybridized carbons (Fsp3) is 0.810. The fourth-order valence-electron chi connectivity index (χ4n) is 5.23. The smallest absolute Gasteiger partial charge is 0.271 e. The molecule has 3 aliphatic rings. The molecule has 4 rings (SSSR count). The summed E-state index contributed by atoms with van der Waals surface area (Å²) in [5.41, 5.74) is 3.24. The molecule has 0 spiro atoms. The second-order valence-electron chi connectivity index (χ2n) is 8.77. The molecule has 1 saturated carbocycles. The van der Waals surface area contributed by atoms with Gasteiger partial charge in [-0.1, -0.05) is 19.3 Å². The monoisotopic (exact) mass is 373 g/mol. The molecule has 1 atom stereocenters. The lowest BCUT2D eigenvalue weighted by atomic mass is 9.88. The number of rotatable bonds is 4. The van der Waals surface area contributed by atoms with Crippen molar-refractivity contribution < 1.29 is 4.79 Å². The van der Waals surface area contributed by atoms with Crippen molar-refractivity contribution in [3.8, 4) is 0 Å². The van der Waals surface area contributed by atoms with Crippen molar-refractivity contribution in [1.82, 2.24) is 24.9 Å². The Hall–Kier alpha value is -1.40. The lowest BCUT2D eigenvalue weighted by molar-refractivity contribution is 0.0949. The number of nitrogens with zero attached hydrogens (tertiary/aromatic N) is 4. The Labute approximate surface area is 163 Å². The molecular weight excluding hydrogens is 338 g/mol. The molecule has 1 N–H and O–H groups in total. The summed E-state index contributed by atoms with van der Waals surface area (Å²) < 4.78 is 2.20. The van der Waals surface area contributed by atoms with Gasteiger partial charge in [0.05, 0.1) is 0 Å². The molecule has 0 radical (unpaired) electrons. The first kappa shape index (κ1) is 18.9. The molecule has 150 valence electrons. The van der Waals surface area contributed by atoms with E-state index in [4.69, 9.17) is 5.10 Å². The van der Waals surface area contributed by atoms with Gasteiger partial charge >= 0.3 is 0 Å². The van der Waals surface area contributed by atoms with Gasteiger partial charge < -0.3 is 10.2 Å². The van der Waals surface area contributed by atoms with Gasteiger partial charge in [0.15, 0.2) is 5.69 Å². The number of carbonyl (C=O) groups excluding carboxylic acids is 1. The second kappa shape index (κ2) is 8.31.